The van der Waals surface area contributed by atoms with E-state index < -0.39 is 19.8 Å². The fourth-order valence-electron chi connectivity index (χ4n) is 1.96. The molecular weight excluding hydrogens is 331 g/mol. The first-order valence-electron chi connectivity index (χ1n) is 7.03. The quantitative estimate of drug-likeness (QED) is 0.388. The van der Waals surface area contributed by atoms with E-state index in [-0.39, 0.29) is 0 Å². The van der Waals surface area contributed by atoms with Crippen LogP contribution in [0.1, 0.15) is 50.7 Å². The zero-order valence-electron chi connectivity index (χ0n) is 12.1. The zero-order chi connectivity index (χ0) is 13.4. The summed E-state index contributed by atoms with van der Waals surface area (Å²) in [6, 6.07) is 8.87. The molecule has 0 N–H and O–H groups in total. The van der Waals surface area contributed by atoms with E-state index >= 15 is 0 Å². The first-order valence-corrected chi connectivity index (χ1v) is 11.2. The fraction of sp³-hybridized carbons (Fsp3) is 0.529. The van der Waals surface area contributed by atoms with E-state index in [0.29, 0.717) is 0 Å². The number of allylic oxidation sites excluding steroid dienone is 1. The van der Waals surface area contributed by atoms with Gasteiger partial charge in [0.05, 0.1) is 0 Å². The summed E-state index contributed by atoms with van der Waals surface area (Å²) < 4.78 is 4.37. The van der Waals surface area contributed by atoms with Crippen molar-refractivity contribution in [2.24, 2.45) is 0 Å². The first kappa shape index (κ1) is 15.7. The molecule has 102 valence electrons. The molecule has 1 aromatic rings. The van der Waals surface area contributed by atoms with Gasteiger partial charge in [-0.15, -0.1) is 0 Å². The van der Waals surface area contributed by atoms with E-state index in [2.05, 4.69) is 51.6 Å². The average Bonchev–Trinajstić information content (AvgIpc) is 2.38. The fourth-order valence-corrected chi connectivity index (χ4v) is 7.94. The summed E-state index contributed by atoms with van der Waals surface area (Å²) in [5, 5.41) is 0. The van der Waals surface area contributed by atoms with Crippen LogP contribution < -0.4 is 0 Å². The van der Waals surface area contributed by atoms with Gasteiger partial charge in [0.15, 0.2) is 0 Å². The maximum atomic E-state index is 4.41. The van der Waals surface area contributed by atoms with Gasteiger partial charge in [-0.2, -0.15) is 0 Å². The molecule has 0 saturated carbocycles. The summed E-state index contributed by atoms with van der Waals surface area (Å²) in [4.78, 5) is 0. The molecule has 0 spiro atoms. The van der Waals surface area contributed by atoms with Gasteiger partial charge in [-0.1, -0.05) is 0 Å². The summed E-state index contributed by atoms with van der Waals surface area (Å²) in [5.41, 5.74) is 3.02. The molecule has 0 atom stereocenters. The van der Waals surface area contributed by atoms with Crippen LogP contribution in [-0.2, 0) is 4.43 Å². The van der Waals surface area contributed by atoms with Crippen LogP contribution in [-0.4, -0.2) is 4.43 Å². The van der Waals surface area contributed by atoms with Crippen molar-refractivity contribution >= 4 is 19.8 Å². The number of halogens is 1. The van der Waals surface area contributed by atoms with E-state index in [1.54, 1.807) is 9.14 Å². The number of hydrogen-bond donors (Lipinski definition) is 0. The second-order valence-electron chi connectivity index (χ2n) is 4.83. The Morgan fingerprint density at radius 2 is 1.89 bits per heavy atom. The minimum atomic E-state index is -0.998. The number of benzene rings is 1. The third-order valence-electron chi connectivity index (χ3n) is 3.16. The van der Waals surface area contributed by atoms with Crippen molar-refractivity contribution in [1.29, 1.82) is 0 Å². The molecular formula is C17H27I. The van der Waals surface area contributed by atoms with Crippen molar-refractivity contribution < 1.29 is 0 Å². The summed E-state index contributed by atoms with van der Waals surface area (Å²) in [6.07, 6.45) is 5.21. The van der Waals surface area contributed by atoms with Crippen molar-refractivity contribution in [3.05, 3.63) is 45.6 Å². The zero-order valence-corrected chi connectivity index (χ0v) is 14.3. The Morgan fingerprint density at radius 3 is 2.50 bits per heavy atom. The Bertz CT molecular complexity index is 368. The molecule has 18 heavy (non-hydrogen) atoms. The van der Waals surface area contributed by atoms with Gasteiger partial charge in [-0.05, 0) is 0 Å². The van der Waals surface area contributed by atoms with Gasteiger partial charge in [0, 0.05) is 0 Å². The standard InChI is InChI=1S/C17H27I/c1-5-7-11-16(4)18(13-6-2)14-17-12-9-8-10-15(17)3/h8-10,12H,4-7,11,13-14H2,1-3H3. The van der Waals surface area contributed by atoms with Crippen LogP contribution >= 0.6 is 19.8 Å². The van der Waals surface area contributed by atoms with Gasteiger partial charge >= 0.3 is 121 Å². The number of unbranched alkanes of at least 4 members (excludes halogenated alkanes) is 1. The third kappa shape index (κ3) is 5.13. The Hall–Kier alpha value is -0.310. The van der Waals surface area contributed by atoms with E-state index in [1.165, 1.54) is 40.1 Å². The Morgan fingerprint density at radius 1 is 1.17 bits per heavy atom. The van der Waals surface area contributed by atoms with Crippen LogP contribution in [0.15, 0.2) is 34.4 Å². The Labute approximate surface area is 120 Å². The van der Waals surface area contributed by atoms with Crippen molar-refractivity contribution in [1.82, 2.24) is 0 Å². The third-order valence-corrected chi connectivity index (χ3v) is 9.98. The van der Waals surface area contributed by atoms with E-state index in [4.69, 9.17) is 0 Å². The van der Waals surface area contributed by atoms with Gasteiger partial charge in [0.1, 0.15) is 0 Å². The summed E-state index contributed by atoms with van der Waals surface area (Å²) in [6.45, 7) is 11.2. The minimum absolute atomic E-state index is 0.998. The number of alkyl halides is 2. The number of rotatable bonds is 8. The molecule has 0 amide bonds. The SMILES string of the molecule is C=C(CCCC)I(CCC)Cc1ccccc1C. The van der Waals surface area contributed by atoms with Gasteiger partial charge in [0.25, 0.3) is 0 Å². The van der Waals surface area contributed by atoms with Gasteiger partial charge in [-0.3, -0.25) is 0 Å². The van der Waals surface area contributed by atoms with Gasteiger partial charge in [0.2, 0.25) is 0 Å². The molecule has 1 aromatic carbocycles. The van der Waals surface area contributed by atoms with Crippen LogP contribution in [0, 0.1) is 6.92 Å². The van der Waals surface area contributed by atoms with Crippen molar-refractivity contribution in [2.45, 2.75) is 50.9 Å². The molecule has 0 aromatic heterocycles. The molecule has 0 fully saturated rings. The van der Waals surface area contributed by atoms with Crippen LogP contribution in [0.4, 0.5) is 0 Å². The van der Waals surface area contributed by atoms with Crippen molar-refractivity contribution in [3.63, 3.8) is 0 Å². The Balaban J connectivity index is 2.68. The molecule has 0 heterocycles. The molecule has 0 saturated heterocycles. The molecule has 1 heteroatoms. The molecule has 0 nitrogen and oxygen atoms in total. The number of hydrogen-bond acceptors (Lipinski definition) is 0. The second-order valence-corrected chi connectivity index (χ2v) is 10.8. The van der Waals surface area contributed by atoms with Gasteiger partial charge < -0.3 is 0 Å². The molecule has 0 bridgehead atoms. The average molecular weight is 358 g/mol. The second kappa shape index (κ2) is 8.73. The molecule has 0 radical (unpaired) electrons. The van der Waals surface area contributed by atoms with Crippen LogP contribution in [0.3, 0.4) is 0 Å². The first-order chi connectivity index (χ1) is 8.69. The topological polar surface area (TPSA) is 0 Å². The monoisotopic (exact) mass is 358 g/mol. The summed E-state index contributed by atoms with van der Waals surface area (Å²) in [7, 11) is 0. The molecule has 0 aliphatic carbocycles. The van der Waals surface area contributed by atoms with Gasteiger partial charge in [-0.25, -0.2) is 0 Å². The van der Waals surface area contributed by atoms with Crippen LogP contribution in [0.25, 0.3) is 0 Å². The molecule has 0 aliphatic heterocycles. The van der Waals surface area contributed by atoms with Crippen molar-refractivity contribution in [2.75, 3.05) is 4.43 Å². The maximum absolute atomic E-state index is 4.41. The van der Waals surface area contributed by atoms with E-state index in [1.807, 2.05) is 0 Å². The molecule has 1 rings (SSSR count). The molecule has 0 unspecified atom stereocenters. The Kier molecular flexibility index (Phi) is 7.64. The summed E-state index contributed by atoms with van der Waals surface area (Å²) >= 11 is -0.998. The summed E-state index contributed by atoms with van der Waals surface area (Å²) in [5.74, 6) is 0. The van der Waals surface area contributed by atoms with Crippen LogP contribution in [0.2, 0.25) is 0 Å². The predicted octanol–water partition coefficient (Wildman–Crippen LogP) is 6.12. The predicted molar refractivity (Wildman–Crippen MR) is 92.7 cm³/mol. The number of aryl methyl sites for hydroxylation is 1. The van der Waals surface area contributed by atoms with Crippen molar-refractivity contribution in [3.8, 4) is 0 Å². The van der Waals surface area contributed by atoms with Crippen LogP contribution in [0.5, 0.6) is 0 Å². The van der Waals surface area contributed by atoms with E-state index in [9.17, 15) is 0 Å². The van der Waals surface area contributed by atoms with E-state index in [0.717, 1.165) is 0 Å². The normalized spacial score (nSPS) is 11.4. The molecule has 0 aliphatic rings.